The van der Waals surface area contributed by atoms with Crippen molar-refractivity contribution in [2.45, 2.75) is 44.8 Å². The van der Waals surface area contributed by atoms with E-state index in [2.05, 4.69) is 19.1 Å². The van der Waals surface area contributed by atoms with Crippen molar-refractivity contribution in [2.75, 3.05) is 14.2 Å². The van der Waals surface area contributed by atoms with Crippen LogP contribution in [0.15, 0.2) is 23.3 Å². The predicted molar refractivity (Wildman–Crippen MR) is 77.2 cm³/mol. The van der Waals surface area contributed by atoms with Crippen molar-refractivity contribution in [3.8, 4) is 0 Å². The van der Waals surface area contributed by atoms with Crippen molar-refractivity contribution in [3.05, 3.63) is 23.3 Å². The van der Waals surface area contributed by atoms with Crippen molar-refractivity contribution < 1.29 is 14.3 Å². The fraction of sp³-hybridized carbons (Fsp3) is 0.706. The fourth-order valence-electron chi connectivity index (χ4n) is 4.37. The Hall–Kier alpha value is -0.930. The summed E-state index contributed by atoms with van der Waals surface area (Å²) >= 11 is 0. The Labute approximate surface area is 121 Å². The molecule has 20 heavy (non-hydrogen) atoms. The van der Waals surface area contributed by atoms with Gasteiger partial charge in [-0.05, 0) is 44.9 Å². The molecule has 0 aromatic heterocycles. The molecule has 3 atom stereocenters. The number of hydrogen-bond acceptors (Lipinski definition) is 3. The summed E-state index contributed by atoms with van der Waals surface area (Å²) in [6.07, 6.45) is 10.4. The lowest BCUT2D eigenvalue weighted by atomic mass is 9.59. The number of methoxy groups -OCH3 is 2. The first-order valence-corrected chi connectivity index (χ1v) is 7.66. The molecule has 0 saturated heterocycles. The van der Waals surface area contributed by atoms with E-state index in [-0.39, 0.29) is 17.6 Å². The normalized spacial score (nSPS) is 35.8. The third-order valence-electron chi connectivity index (χ3n) is 5.43. The van der Waals surface area contributed by atoms with Crippen LogP contribution in [0.1, 0.15) is 39.0 Å². The lowest BCUT2D eigenvalue weighted by Crippen LogP contribution is -2.60. The minimum atomic E-state index is -1.05. The number of hydrogen-bond donors (Lipinski definition) is 0. The van der Waals surface area contributed by atoms with Gasteiger partial charge in [-0.3, -0.25) is 4.79 Å². The molecule has 0 aliphatic heterocycles. The average molecular weight is 276 g/mol. The van der Waals surface area contributed by atoms with E-state index in [1.54, 1.807) is 14.2 Å². The van der Waals surface area contributed by atoms with Crippen LogP contribution in [0.25, 0.3) is 0 Å². The van der Waals surface area contributed by atoms with E-state index in [4.69, 9.17) is 9.47 Å². The van der Waals surface area contributed by atoms with Crippen molar-refractivity contribution in [2.24, 2.45) is 17.8 Å². The van der Waals surface area contributed by atoms with Gasteiger partial charge in [-0.2, -0.15) is 0 Å². The molecule has 4 aliphatic carbocycles. The Kier molecular flexibility index (Phi) is 3.59. The van der Waals surface area contributed by atoms with E-state index in [9.17, 15) is 4.79 Å². The molecule has 110 valence electrons. The number of ether oxygens (including phenoxy) is 2. The Bertz CT molecular complexity index is 471. The Morgan fingerprint density at radius 1 is 1.25 bits per heavy atom. The lowest BCUT2D eigenvalue weighted by molar-refractivity contribution is -0.240. The fourth-order valence-corrected chi connectivity index (χ4v) is 4.37. The van der Waals surface area contributed by atoms with Crippen molar-refractivity contribution in [1.82, 2.24) is 0 Å². The van der Waals surface area contributed by atoms with Crippen LogP contribution in [0.5, 0.6) is 0 Å². The van der Waals surface area contributed by atoms with Crippen LogP contribution in [0, 0.1) is 17.8 Å². The van der Waals surface area contributed by atoms with Gasteiger partial charge in [0.2, 0.25) is 5.79 Å². The van der Waals surface area contributed by atoms with Gasteiger partial charge in [0.25, 0.3) is 0 Å². The molecule has 4 aliphatic rings. The molecular weight excluding hydrogens is 252 g/mol. The number of carbonyl (C=O) groups excluding carboxylic acids is 1. The smallest absolute Gasteiger partial charge is 0.235 e. The Morgan fingerprint density at radius 2 is 2.00 bits per heavy atom. The van der Waals surface area contributed by atoms with Crippen LogP contribution in [-0.2, 0) is 14.3 Å². The van der Waals surface area contributed by atoms with Crippen LogP contribution < -0.4 is 0 Å². The van der Waals surface area contributed by atoms with Crippen LogP contribution >= 0.6 is 0 Å². The molecule has 0 radical (unpaired) electrons. The van der Waals surface area contributed by atoms with Gasteiger partial charge in [-0.25, -0.2) is 0 Å². The highest BCUT2D eigenvalue weighted by molar-refractivity contribution is 5.93. The average Bonchev–Trinajstić information content (AvgIpc) is 2.50. The molecule has 3 nitrogen and oxygen atoms in total. The van der Waals surface area contributed by atoms with Crippen molar-refractivity contribution >= 4 is 5.78 Å². The number of Topliss-reactive ketones (excluding diaryl/α,β-unsaturated/α-hetero) is 1. The van der Waals surface area contributed by atoms with E-state index < -0.39 is 5.79 Å². The summed E-state index contributed by atoms with van der Waals surface area (Å²) in [5, 5.41) is 0. The number of ketones is 1. The first-order chi connectivity index (χ1) is 9.64. The first-order valence-electron chi connectivity index (χ1n) is 7.66. The molecule has 2 bridgehead atoms. The summed E-state index contributed by atoms with van der Waals surface area (Å²) in [5.41, 5.74) is 2.73. The minimum Gasteiger partial charge on any atom is -0.347 e. The number of allylic oxidation sites excluding steroid dienone is 3. The quantitative estimate of drug-likeness (QED) is 0.586. The maximum atomic E-state index is 12.8. The topological polar surface area (TPSA) is 35.5 Å². The van der Waals surface area contributed by atoms with Gasteiger partial charge >= 0.3 is 0 Å². The molecule has 4 rings (SSSR count). The molecule has 1 fully saturated rings. The van der Waals surface area contributed by atoms with Crippen LogP contribution in [0.3, 0.4) is 0 Å². The lowest BCUT2D eigenvalue weighted by Gasteiger charge is -2.51. The standard InChI is InChI=1S/C17H24O3/c1-11-9-14-13(12-7-5-4-6-8-12)10-15(11)17(19-2,20-3)16(14)18/h7,9,13-15H,4-6,8,10H2,1-3H3/t13-,14+,15+/m0/s1. The summed E-state index contributed by atoms with van der Waals surface area (Å²) in [6, 6.07) is 0. The number of carbonyl (C=O) groups is 1. The summed E-state index contributed by atoms with van der Waals surface area (Å²) < 4.78 is 11.1. The third-order valence-corrected chi connectivity index (χ3v) is 5.43. The van der Waals surface area contributed by atoms with Crippen LogP contribution in [-0.4, -0.2) is 25.8 Å². The zero-order valence-electron chi connectivity index (χ0n) is 12.6. The predicted octanol–water partition coefficient (Wildman–Crippen LogP) is 3.26. The summed E-state index contributed by atoms with van der Waals surface area (Å²) in [5.74, 6) is -0.572. The highest BCUT2D eigenvalue weighted by atomic mass is 16.7. The van der Waals surface area contributed by atoms with E-state index in [1.165, 1.54) is 30.4 Å². The van der Waals surface area contributed by atoms with Gasteiger partial charge in [0.1, 0.15) is 0 Å². The van der Waals surface area contributed by atoms with Gasteiger partial charge in [-0.1, -0.05) is 23.3 Å². The molecule has 1 saturated carbocycles. The molecular formula is C17H24O3. The van der Waals surface area contributed by atoms with E-state index in [0.29, 0.717) is 5.92 Å². The number of rotatable bonds is 3. The second-order valence-corrected chi connectivity index (χ2v) is 6.30. The van der Waals surface area contributed by atoms with E-state index >= 15 is 0 Å². The van der Waals surface area contributed by atoms with E-state index in [0.717, 1.165) is 12.8 Å². The zero-order valence-corrected chi connectivity index (χ0v) is 12.6. The number of fused-ring (bicyclic) bond motifs is 2. The van der Waals surface area contributed by atoms with E-state index in [1.807, 2.05) is 0 Å². The molecule has 0 aromatic rings. The second-order valence-electron chi connectivity index (χ2n) is 6.30. The highest BCUT2D eigenvalue weighted by Gasteiger charge is 2.59. The van der Waals surface area contributed by atoms with Crippen molar-refractivity contribution in [1.29, 1.82) is 0 Å². The summed E-state index contributed by atoms with van der Waals surface area (Å²) in [7, 11) is 3.18. The molecule has 0 heterocycles. The van der Waals surface area contributed by atoms with Crippen LogP contribution in [0.2, 0.25) is 0 Å². The minimum absolute atomic E-state index is 0.0582. The Morgan fingerprint density at radius 3 is 2.60 bits per heavy atom. The maximum Gasteiger partial charge on any atom is 0.235 e. The highest BCUT2D eigenvalue weighted by Crippen LogP contribution is 2.52. The van der Waals surface area contributed by atoms with Gasteiger partial charge in [0, 0.05) is 26.1 Å². The second kappa shape index (κ2) is 5.12. The monoisotopic (exact) mass is 276 g/mol. The first kappa shape index (κ1) is 14.0. The summed E-state index contributed by atoms with van der Waals surface area (Å²) in [4.78, 5) is 12.8. The Balaban J connectivity index is 1.96. The molecule has 0 unspecified atom stereocenters. The van der Waals surface area contributed by atoms with Gasteiger partial charge in [0.05, 0.1) is 0 Å². The SMILES string of the molecule is COC1(OC)C(=O)[C@@H]2C=C(C)[C@H]1C[C@H]2C1=CCCCC1. The summed E-state index contributed by atoms with van der Waals surface area (Å²) in [6.45, 7) is 2.10. The molecule has 0 N–H and O–H groups in total. The largest absolute Gasteiger partial charge is 0.347 e. The maximum absolute atomic E-state index is 12.8. The van der Waals surface area contributed by atoms with Gasteiger partial charge < -0.3 is 9.47 Å². The van der Waals surface area contributed by atoms with Crippen LogP contribution in [0.4, 0.5) is 0 Å². The molecule has 0 spiro atoms. The van der Waals surface area contributed by atoms with Gasteiger partial charge in [0.15, 0.2) is 5.78 Å². The molecule has 0 aromatic carbocycles. The van der Waals surface area contributed by atoms with Crippen molar-refractivity contribution in [3.63, 3.8) is 0 Å². The third kappa shape index (κ3) is 1.83. The molecule has 0 amide bonds. The zero-order chi connectivity index (χ0) is 14.3. The molecule has 3 heteroatoms. The van der Waals surface area contributed by atoms with Gasteiger partial charge in [-0.15, -0.1) is 0 Å².